The molecule has 1 aliphatic heterocycles. The molecule has 28 heavy (non-hydrogen) atoms. The van der Waals surface area contributed by atoms with E-state index in [1.165, 1.54) is 13.0 Å². The third-order valence-electron chi connectivity index (χ3n) is 3.90. The van der Waals surface area contributed by atoms with Crippen LogP contribution in [0.2, 0.25) is 0 Å². The lowest BCUT2D eigenvalue weighted by Crippen LogP contribution is -2.28. The molecule has 3 rings (SSSR count). The van der Waals surface area contributed by atoms with Crippen LogP contribution in [0, 0.1) is 5.82 Å². The summed E-state index contributed by atoms with van der Waals surface area (Å²) in [7, 11) is 0. The Kier molecular flexibility index (Phi) is 5.40. The van der Waals surface area contributed by atoms with Gasteiger partial charge in [-0.1, -0.05) is 42.2 Å². The summed E-state index contributed by atoms with van der Waals surface area (Å²) in [6.07, 6.45) is -3.40. The van der Waals surface area contributed by atoms with Gasteiger partial charge in [0, 0.05) is 5.56 Å². The number of hydrogen-bond donors (Lipinski definition) is 0. The molecule has 1 amide bonds. The lowest BCUT2D eigenvalue weighted by atomic mass is 10.1. The van der Waals surface area contributed by atoms with E-state index in [1.807, 2.05) is 0 Å². The zero-order valence-electron chi connectivity index (χ0n) is 14.2. The van der Waals surface area contributed by atoms with Crippen LogP contribution in [0.1, 0.15) is 28.4 Å². The predicted molar refractivity (Wildman–Crippen MR) is 104 cm³/mol. The van der Waals surface area contributed by atoms with Crippen molar-refractivity contribution in [2.24, 2.45) is 0 Å². The van der Waals surface area contributed by atoms with Crippen molar-refractivity contribution in [2.45, 2.75) is 13.1 Å². The van der Waals surface area contributed by atoms with Crippen LogP contribution in [0.3, 0.4) is 0 Å². The van der Waals surface area contributed by atoms with Gasteiger partial charge < -0.3 is 0 Å². The van der Waals surface area contributed by atoms with E-state index in [0.717, 1.165) is 22.7 Å². The fraction of sp³-hybridized carbons (Fsp3) is 0.105. The molecule has 0 unspecified atom stereocenters. The standard InChI is InChI=1S/C19H11F4NO2S2/c1-10(25)12-4-2-3-11(7-12)8-16-17(26)24(18(27)28-16)13-5-6-15(20)14(9-13)19(21,22)23/h2-9H,1H3/b16-8-. The topological polar surface area (TPSA) is 37.4 Å². The Morgan fingerprint density at radius 2 is 1.89 bits per heavy atom. The number of thioether (sulfide) groups is 1. The van der Waals surface area contributed by atoms with Crippen molar-refractivity contribution in [3.05, 3.63) is 69.9 Å². The number of hydrogen-bond acceptors (Lipinski definition) is 4. The number of ketones is 1. The first kappa shape index (κ1) is 20.2. The lowest BCUT2D eigenvalue weighted by Gasteiger charge is -2.17. The Morgan fingerprint density at radius 1 is 1.18 bits per heavy atom. The van der Waals surface area contributed by atoms with Crippen molar-refractivity contribution in [1.82, 2.24) is 0 Å². The van der Waals surface area contributed by atoms with Crippen molar-refractivity contribution < 1.29 is 27.2 Å². The minimum atomic E-state index is -4.90. The Labute approximate surface area is 167 Å². The zero-order chi connectivity index (χ0) is 20.6. The Hall–Kier alpha value is -2.52. The fourth-order valence-electron chi connectivity index (χ4n) is 2.56. The van der Waals surface area contributed by atoms with Crippen molar-refractivity contribution in [3.63, 3.8) is 0 Å². The quantitative estimate of drug-likeness (QED) is 0.284. The van der Waals surface area contributed by atoms with Gasteiger partial charge in [-0.05, 0) is 42.8 Å². The highest BCUT2D eigenvalue weighted by atomic mass is 32.2. The number of thiocarbonyl (C=S) groups is 1. The van der Waals surface area contributed by atoms with Gasteiger partial charge in [0.15, 0.2) is 10.1 Å². The van der Waals surface area contributed by atoms with Gasteiger partial charge in [0.25, 0.3) is 5.91 Å². The van der Waals surface area contributed by atoms with E-state index < -0.39 is 23.5 Å². The molecule has 0 spiro atoms. The number of alkyl halides is 3. The van der Waals surface area contributed by atoms with Gasteiger partial charge in [0.1, 0.15) is 5.82 Å². The van der Waals surface area contributed by atoms with Crippen molar-refractivity contribution >= 4 is 51.8 Å². The molecule has 0 aliphatic carbocycles. The van der Waals surface area contributed by atoms with Crippen molar-refractivity contribution in [2.75, 3.05) is 4.90 Å². The van der Waals surface area contributed by atoms with E-state index >= 15 is 0 Å². The zero-order valence-corrected chi connectivity index (χ0v) is 15.8. The predicted octanol–water partition coefficient (Wildman–Crippen LogP) is 5.45. The van der Waals surface area contributed by atoms with Gasteiger partial charge in [0.2, 0.25) is 0 Å². The molecule has 3 nitrogen and oxygen atoms in total. The summed E-state index contributed by atoms with van der Waals surface area (Å²) in [6, 6.07) is 8.82. The second kappa shape index (κ2) is 7.48. The molecular formula is C19H11F4NO2S2. The van der Waals surface area contributed by atoms with Crippen LogP contribution >= 0.6 is 24.0 Å². The van der Waals surface area contributed by atoms with Gasteiger partial charge in [0.05, 0.1) is 16.2 Å². The number of carbonyl (C=O) groups excluding carboxylic acids is 2. The van der Waals surface area contributed by atoms with E-state index in [4.69, 9.17) is 12.2 Å². The van der Waals surface area contributed by atoms with E-state index in [9.17, 15) is 27.2 Å². The largest absolute Gasteiger partial charge is 0.419 e. The summed E-state index contributed by atoms with van der Waals surface area (Å²) in [6.45, 7) is 1.41. The van der Waals surface area contributed by atoms with Gasteiger partial charge in [-0.2, -0.15) is 13.2 Å². The Balaban J connectivity index is 1.97. The highest BCUT2D eigenvalue weighted by Crippen LogP contribution is 2.39. The minimum absolute atomic E-state index is 0.0266. The summed E-state index contributed by atoms with van der Waals surface area (Å²) >= 11 is 6.04. The third kappa shape index (κ3) is 4.00. The van der Waals surface area contributed by atoms with Crippen LogP contribution in [0.25, 0.3) is 6.08 Å². The maximum absolute atomic E-state index is 13.5. The first-order valence-electron chi connectivity index (χ1n) is 7.83. The molecule has 2 aromatic rings. The number of anilines is 1. The van der Waals surface area contributed by atoms with Crippen LogP contribution in [0.15, 0.2) is 47.4 Å². The summed E-state index contributed by atoms with van der Waals surface area (Å²) in [5, 5.41) is 0. The molecule has 0 radical (unpaired) electrons. The van der Waals surface area contributed by atoms with Gasteiger partial charge in [-0.25, -0.2) is 4.39 Å². The SMILES string of the molecule is CC(=O)c1cccc(/C=C2\SC(=S)N(c3ccc(F)c(C(F)(F)F)c3)C2=O)c1. The third-order valence-corrected chi connectivity index (χ3v) is 5.20. The van der Waals surface area contributed by atoms with E-state index in [0.29, 0.717) is 23.3 Å². The fourth-order valence-corrected chi connectivity index (χ4v) is 3.86. The number of carbonyl (C=O) groups is 2. The summed E-state index contributed by atoms with van der Waals surface area (Å²) in [4.78, 5) is 25.3. The second-order valence-electron chi connectivity index (χ2n) is 5.86. The summed E-state index contributed by atoms with van der Waals surface area (Å²) in [5.74, 6) is -2.20. The van der Waals surface area contributed by atoms with Gasteiger partial charge >= 0.3 is 6.18 Å². The molecule has 9 heteroatoms. The van der Waals surface area contributed by atoms with E-state index in [-0.39, 0.29) is 20.7 Å². The van der Waals surface area contributed by atoms with E-state index in [1.54, 1.807) is 24.3 Å². The lowest BCUT2D eigenvalue weighted by molar-refractivity contribution is -0.140. The molecular weight excluding hydrogens is 414 g/mol. The molecule has 0 saturated carbocycles. The molecule has 1 saturated heterocycles. The maximum Gasteiger partial charge on any atom is 0.419 e. The molecule has 2 aromatic carbocycles. The van der Waals surface area contributed by atoms with Crippen LogP contribution < -0.4 is 4.90 Å². The second-order valence-corrected chi connectivity index (χ2v) is 7.54. The molecule has 0 aromatic heterocycles. The van der Waals surface area contributed by atoms with Crippen LogP contribution in [-0.2, 0) is 11.0 Å². The Morgan fingerprint density at radius 3 is 2.54 bits per heavy atom. The molecule has 1 fully saturated rings. The van der Waals surface area contributed by atoms with Gasteiger partial charge in [-0.3, -0.25) is 14.5 Å². The van der Waals surface area contributed by atoms with Crippen molar-refractivity contribution in [3.8, 4) is 0 Å². The van der Waals surface area contributed by atoms with Crippen LogP contribution in [0.4, 0.5) is 23.2 Å². The number of nitrogens with zero attached hydrogens (tertiary/aromatic N) is 1. The highest BCUT2D eigenvalue weighted by molar-refractivity contribution is 8.27. The molecule has 1 heterocycles. The number of benzene rings is 2. The minimum Gasteiger partial charge on any atom is -0.295 e. The monoisotopic (exact) mass is 425 g/mol. The number of Topliss-reactive ketones (excluding diaryl/α,β-unsaturated/α-hetero) is 1. The Bertz CT molecular complexity index is 1030. The molecule has 1 aliphatic rings. The number of halogens is 4. The summed E-state index contributed by atoms with van der Waals surface area (Å²) < 4.78 is 52.4. The average molecular weight is 425 g/mol. The smallest absolute Gasteiger partial charge is 0.295 e. The first-order valence-corrected chi connectivity index (χ1v) is 9.06. The van der Waals surface area contributed by atoms with Crippen LogP contribution in [-0.4, -0.2) is 16.0 Å². The van der Waals surface area contributed by atoms with E-state index in [2.05, 4.69) is 0 Å². The van der Waals surface area contributed by atoms with Crippen LogP contribution in [0.5, 0.6) is 0 Å². The van der Waals surface area contributed by atoms with Gasteiger partial charge in [-0.15, -0.1) is 0 Å². The number of rotatable bonds is 3. The first-order chi connectivity index (χ1) is 13.1. The highest BCUT2D eigenvalue weighted by Gasteiger charge is 2.38. The number of amides is 1. The summed E-state index contributed by atoms with van der Waals surface area (Å²) in [5.41, 5.74) is -0.616. The normalized spacial score (nSPS) is 16.2. The molecule has 0 N–H and O–H groups in total. The molecule has 144 valence electrons. The molecule has 0 atom stereocenters. The maximum atomic E-state index is 13.5. The van der Waals surface area contributed by atoms with Crippen molar-refractivity contribution in [1.29, 1.82) is 0 Å². The molecule has 0 bridgehead atoms. The average Bonchev–Trinajstić information content (AvgIpc) is 2.88.